The van der Waals surface area contributed by atoms with Gasteiger partial charge >= 0.3 is 5.97 Å². The molecule has 1 unspecified atom stereocenters. The van der Waals surface area contributed by atoms with E-state index in [-0.39, 0.29) is 5.92 Å². The minimum atomic E-state index is -0.999. The predicted molar refractivity (Wildman–Crippen MR) is 87.8 cm³/mol. The van der Waals surface area contributed by atoms with Crippen molar-refractivity contribution >= 4 is 16.9 Å². The van der Waals surface area contributed by atoms with Gasteiger partial charge in [0.1, 0.15) is 0 Å². The zero-order valence-corrected chi connectivity index (χ0v) is 13.3. The molecule has 23 heavy (non-hydrogen) atoms. The second-order valence-corrected chi connectivity index (χ2v) is 6.07. The van der Waals surface area contributed by atoms with Crippen molar-refractivity contribution in [1.29, 1.82) is 0 Å². The van der Waals surface area contributed by atoms with Gasteiger partial charge in [0, 0.05) is 18.1 Å². The molecule has 5 heteroatoms. The predicted octanol–water partition coefficient (Wildman–Crippen LogP) is 1.98. The Hall–Kier alpha value is -1.98. The number of aliphatic hydroxyl groups is 1. The average molecular weight is 314 g/mol. The Morgan fingerprint density at radius 1 is 1.35 bits per heavy atom. The Morgan fingerprint density at radius 2 is 2.09 bits per heavy atom. The number of carbonyl (C=O) groups excluding carboxylic acids is 1. The number of esters is 1. The van der Waals surface area contributed by atoms with E-state index in [1.807, 2.05) is 12.3 Å². The first-order valence-electron chi connectivity index (χ1n) is 8.00. The molecule has 0 bridgehead atoms. The molecule has 1 aromatic carbocycles. The lowest BCUT2D eigenvalue weighted by molar-refractivity contribution is -0.154. The van der Waals surface area contributed by atoms with Crippen LogP contribution in [0.1, 0.15) is 18.4 Å². The summed E-state index contributed by atoms with van der Waals surface area (Å²) >= 11 is 0. The number of hydrogen-bond acceptors (Lipinski definition) is 5. The topological polar surface area (TPSA) is 62.7 Å². The lowest BCUT2D eigenvalue weighted by atomic mass is 9.91. The van der Waals surface area contributed by atoms with E-state index in [0.717, 1.165) is 43.4 Å². The first-order chi connectivity index (χ1) is 11.2. The Labute approximate surface area is 135 Å². The van der Waals surface area contributed by atoms with Gasteiger partial charge in [0.25, 0.3) is 0 Å². The standard InChI is InChI=1S/C18H22N2O3/c1-23-18(22)17(21)14-7-10-20(11-8-14)12-15-5-2-4-13-6-3-9-19-16(13)15/h2-6,9,14,17,21H,7-8,10-12H2,1H3. The number of benzene rings is 1. The summed E-state index contributed by atoms with van der Waals surface area (Å²) in [4.78, 5) is 18.3. The van der Waals surface area contributed by atoms with Crippen LogP contribution in [0.4, 0.5) is 0 Å². The summed E-state index contributed by atoms with van der Waals surface area (Å²) in [5, 5.41) is 11.1. The molecule has 0 spiro atoms. The highest BCUT2D eigenvalue weighted by Gasteiger charge is 2.30. The lowest BCUT2D eigenvalue weighted by Crippen LogP contribution is -2.40. The number of para-hydroxylation sites is 1. The fourth-order valence-corrected chi connectivity index (χ4v) is 3.28. The van der Waals surface area contributed by atoms with Crippen LogP contribution < -0.4 is 0 Å². The van der Waals surface area contributed by atoms with Gasteiger partial charge in [-0.25, -0.2) is 4.79 Å². The average Bonchev–Trinajstić information content (AvgIpc) is 2.61. The monoisotopic (exact) mass is 314 g/mol. The van der Waals surface area contributed by atoms with Gasteiger partial charge in [-0.3, -0.25) is 9.88 Å². The zero-order chi connectivity index (χ0) is 16.2. The number of fused-ring (bicyclic) bond motifs is 1. The molecular weight excluding hydrogens is 292 g/mol. The fourth-order valence-electron chi connectivity index (χ4n) is 3.28. The van der Waals surface area contributed by atoms with Gasteiger partial charge in [0.05, 0.1) is 12.6 Å². The van der Waals surface area contributed by atoms with Gasteiger partial charge in [0.15, 0.2) is 6.10 Å². The molecule has 2 heterocycles. The van der Waals surface area contributed by atoms with E-state index in [9.17, 15) is 9.90 Å². The summed E-state index contributed by atoms with van der Waals surface area (Å²) in [5.74, 6) is -0.536. The Kier molecular flexibility index (Phi) is 4.88. The number of nitrogens with zero attached hydrogens (tertiary/aromatic N) is 2. The van der Waals surface area contributed by atoms with Crippen molar-refractivity contribution in [3.05, 3.63) is 42.1 Å². The van der Waals surface area contributed by atoms with Crippen LogP contribution in [-0.2, 0) is 16.1 Å². The molecule has 1 aromatic heterocycles. The van der Waals surface area contributed by atoms with Crippen LogP contribution in [-0.4, -0.2) is 47.3 Å². The maximum atomic E-state index is 11.4. The van der Waals surface area contributed by atoms with Gasteiger partial charge in [-0.2, -0.15) is 0 Å². The van der Waals surface area contributed by atoms with E-state index >= 15 is 0 Å². The van der Waals surface area contributed by atoms with Crippen LogP contribution in [0, 0.1) is 5.92 Å². The smallest absolute Gasteiger partial charge is 0.334 e. The number of piperidine rings is 1. The molecule has 0 amide bonds. The minimum absolute atomic E-state index is 0.00987. The number of aliphatic hydroxyl groups excluding tert-OH is 1. The highest BCUT2D eigenvalue weighted by Crippen LogP contribution is 2.24. The van der Waals surface area contributed by atoms with Crippen molar-refractivity contribution in [3.63, 3.8) is 0 Å². The van der Waals surface area contributed by atoms with E-state index in [1.54, 1.807) is 0 Å². The van der Waals surface area contributed by atoms with Crippen molar-refractivity contribution in [2.45, 2.75) is 25.5 Å². The molecule has 1 N–H and O–H groups in total. The van der Waals surface area contributed by atoms with Crippen LogP contribution in [0.15, 0.2) is 36.5 Å². The number of rotatable bonds is 4. The molecule has 1 atom stereocenters. The maximum Gasteiger partial charge on any atom is 0.334 e. The fraction of sp³-hybridized carbons (Fsp3) is 0.444. The van der Waals surface area contributed by atoms with Crippen molar-refractivity contribution < 1.29 is 14.6 Å². The summed E-state index contributed by atoms with van der Waals surface area (Å²) < 4.78 is 4.63. The first kappa shape index (κ1) is 15.9. The van der Waals surface area contributed by atoms with Gasteiger partial charge < -0.3 is 9.84 Å². The van der Waals surface area contributed by atoms with Crippen molar-refractivity contribution in [1.82, 2.24) is 9.88 Å². The second-order valence-electron chi connectivity index (χ2n) is 6.07. The first-order valence-corrected chi connectivity index (χ1v) is 8.00. The van der Waals surface area contributed by atoms with E-state index in [2.05, 4.69) is 38.9 Å². The summed E-state index contributed by atoms with van der Waals surface area (Å²) in [5.41, 5.74) is 2.27. The second kappa shape index (κ2) is 7.06. The highest BCUT2D eigenvalue weighted by molar-refractivity contribution is 5.81. The van der Waals surface area contributed by atoms with Crippen LogP contribution >= 0.6 is 0 Å². The summed E-state index contributed by atoms with van der Waals surface area (Å²) in [6, 6.07) is 10.3. The number of ether oxygens (including phenoxy) is 1. The number of aromatic nitrogens is 1. The normalized spacial score (nSPS) is 18.0. The number of carbonyl (C=O) groups is 1. The molecule has 1 aliphatic heterocycles. The number of hydrogen-bond donors (Lipinski definition) is 1. The lowest BCUT2D eigenvalue weighted by Gasteiger charge is -2.33. The number of methoxy groups -OCH3 is 1. The summed E-state index contributed by atoms with van der Waals surface area (Å²) in [6.07, 6.45) is 2.43. The maximum absolute atomic E-state index is 11.4. The summed E-state index contributed by atoms with van der Waals surface area (Å²) in [7, 11) is 1.31. The van der Waals surface area contributed by atoms with Crippen LogP contribution in [0.25, 0.3) is 10.9 Å². The molecule has 3 rings (SSSR count). The van der Waals surface area contributed by atoms with E-state index in [4.69, 9.17) is 0 Å². The molecule has 1 saturated heterocycles. The summed E-state index contributed by atoms with van der Waals surface area (Å²) in [6.45, 7) is 2.57. The zero-order valence-electron chi connectivity index (χ0n) is 13.3. The Bertz CT molecular complexity index is 676. The molecular formula is C18H22N2O3. The van der Waals surface area contributed by atoms with Gasteiger partial charge in [0.2, 0.25) is 0 Å². The van der Waals surface area contributed by atoms with E-state index in [0.29, 0.717) is 0 Å². The molecule has 5 nitrogen and oxygen atoms in total. The van der Waals surface area contributed by atoms with Crippen LogP contribution in [0.2, 0.25) is 0 Å². The highest BCUT2D eigenvalue weighted by atomic mass is 16.5. The Balaban J connectivity index is 1.63. The molecule has 1 aliphatic rings. The third kappa shape index (κ3) is 3.51. The SMILES string of the molecule is COC(=O)C(O)C1CCN(Cc2cccc3cccnc23)CC1. The van der Waals surface area contributed by atoms with Crippen molar-refractivity contribution in [2.75, 3.05) is 20.2 Å². The largest absolute Gasteiger partial charge is 0.467 e. The quantitative estimate of drug-likeness (QED) is 0.874. The van der Waals surface area contributed by atoms with E-state index in [1.165, 1.54) is 12.7 Å². The van der Waals surface area contributed by atoms with Crippen LogP contribution in [0.3, 0.4) is 0 Å². The molecule has 122 valence electrons. The van der Waals surface area contributed by atoms with E-state index < -0.39 is 12.1 Å². The third-order valence-corrected chi connectivity index (χ3v) is 4.63. The third-order valence-electron chi connectivity index (χ3n) is 4.63. The molecule has 0 saturated carbocycles. The van der Waals surface area contributed by atoms with Crippen molar-refractivity contribution in [3.8, 4) is 0 Å². The molecule has 0 radical (unpaired) electrons. The van der Waals surface area contributed by atoms with Gasteiger partial charge in [-0.15, -0.1) is 0 Å². The minimum Gasteiger partial charge on any atom is -0.467 e. The van der Waals surface area contributed by atoms with Crippen molar-refractivity contribution in [2.24, 2.45) is 5.92 Å². The van der Waals surface area contributed by atoms with Crippen LogP contribution in [0.5, 0.6) is 0 Å². The molecule has 2 aromatic rings. The van der Waals surface area contributed by atoms with Gasteiger partial charge in [-0.05, 0) is 43.5 Å². The molecule has 1 fully saturated rings. The Morgan fingerprint density at radius 3 is 2.83 bits per heavy atom. The number of pyridine rings is 1. The molecule has 0 aliphatic carbocycles. The number of likely N-dealkylation sites (tertiary alicyclic amines) is 1. The van der Waals surface area contributed by atoms with Gasteiger partial charge in [-0.1, -0.05) is 24.3 Å².